The first-order valence-electron chi connectivity index (χ1n) is 11.8. The fourth-order valence-corrected chi connectivity index (χ4v) is 6.02. The Morgan fingerprint density at radius 3 is 1.03 bits per heavy atom. The van der Waals surface area contributed by atoms with Crippen molar-refractivity contribution in [1.82, 2.24) is 0 Å². The summed E-state index contributed by atoms with van der Waals surface area (Å²) < 4.78 is 0. The molecule has 0 atom stereocenters. The van der Waals surface area contributed by atoms with Gasteiger partial charge in [-0.05, 0) is 136 Å². The minimum absolute atomic E-state index is 0.0605. The van der Waals surface area contributed by atoms with E-state index in [1.807, 2.05) is 0 Å². The third-order valence-corrected chi connectivity index (χ3v) is 6.05. The zero-order valence-electron chi connectivity index (χ0n) is 22.1. The lowest BCUT2D eigenvalue weighted by molar-refractivity contribution is 0.380. The third kappa shape index (κ3) is 4.64. The first-order valence-corrected chi connectivity index (χ1v) is 11.8. The van der Waals surface area contributed by atoms with Gasteiger partial charge in [-0.25, -0.2) is 0 Å². The summed E-state index contributed by atoms with van der Waals surface area (Å²) in [6.07, 6.45) is 1.01. The highest BCUT2D eigenvalue weighted by atomic mass is 15.2. The molecule has 2 aromatic carbocycles. The molecule has 0 N–H and O–H groups in total. The van der Waals surface area contributed by atoms with Gasteiger partial charge in [-0.2, -0.15) is 0 Å². The maximum absolute atomic E-state index is 2.55. The van der Waals surface area contributed by atoms with E-state index in [1.54, 1.807) is 0 Å². The van der Waals surface area contributed by atoms with E-state index in [0.29, 0.717) is 0 Å². The second kappa shape index (κ2) is 7.29. The molecule has 0 heterocycles. The molecule has 3 rings (SSSR count). The second-order valence-electron chi connectivity index (χ2n) is 13.2. The SMILES string of the molecule is CC(C)(C)N(c1ccc2c(c1)Cc1cc(N(C(C)(C)C)C(C)(C)C)ccc1-2)C(C)(C)C. The van der Waals surface area contributed by atoms with Crippen molar-refractivity contribution >= 4 is 11.4 Å². The van der Waals surface area contributed by atoms with Crippen LogP contribution < -0.4 is 9.80 Å². The van der Waals surface area contributed by atoms with Crippen LogP contribution in [-0.4, -0.2) is 22.2 Å². The summed E-state index contributed by atoms with van der Waals surface area (Å²) >= 11 is 0. The largest absolute Gasteiger partial charge is 0.362 e. The van der Waals surface area contributed by atoms with Crippen molar-refractivity contribution in [3.63, 3.8) is 0 Å². The van der Waals surface area contributed by atoms with Crippen LogP contribution in [0.5, 0.6) is 0 Å². The van der Waals surface area contributed by atoms with Gasteiger partial charge in [0, 0.05) is 33.5 Å². The van der Waals surface area contributed by atoms with Gasteiger partial charge in [0.15, 0.2) is 0 Å². The summed E-state index contributed by atoms with van der Waals surface area (Å²) in [5.41, 5.74) is 8.56. The van der Waals surface area contributed by atoms with E-state index < -0.39 is 0 Å². The highest BCUT2D eigenvalue weighted by molar-refractivity contribution is 5.81. The summed E-state index contributed by atoms with van der Waals surface area (Å²) in [7, 11) is 0. The summed E-state index contributed by atoms with van der Waals surface area (Å²) in [6.45, 7) is 27.7. The van der Waals surface area contributed by atoms with Crippen LogP contribution in [0.15, 0.2) is 36.4 Å². The molecule has 2 heteroatoms. The van der Waals surface area contributed by atoms with Crippen molar-refractivity contribution in [1.29, 1.82) is 0 Å². The molecule has 0 saturated carbocycles. The second-order valence-corrected chi connectivity index (χ2v) is 13.2. The molecular formula is C29H44N2. The molecule has 170 valence electrons. The minimum atomic E-state index is 0.0605. The van der Waals surface area contributed by atoms with E-state index in [-0.39, 0.29) is 22.2 Å². The van der Waals surface area contributed by atoms with Crippen LogP contribution in [0, 0.1) is 0 Å². The van der Waals surface area contributed by atoms with Crippen molar-refractivity contribution in [2.45, 2.75) is 112 Å². The van der Waals surface area contributed by atoms with Gasteiger partial charge in [0.25, 0.3) is 0 Å². The number of anilines is 2. The molecule has 2 nitrogen and oxygen atoms in total. The van der Waals surface area contributed by atoms with Crippen molar-refractivity contribution in [3.05, 3.63) is 47.5 Å². The molecule has 0 saturated heterocycles. The first kappa shape index (κ1) is 23.7. The van der Waals surface area contributed by atoms with E-state index in [2.05, 4.69) is 129 Å². The highest BCUT2D eigenvalue weighted by Crippen LogP contribution is 2.43. The molecular weight excluding hydrogens is 376 g/mol. The van der Waals surface area contributed by atoms with Gasteiger partial charge >= 0.3 is 0 Å². The van der Waals surface area contributed by atoms with Gasteiger partial charge in [0.05, 0.1) is 0 Å². The van der Waals surface area contributed by atoms with Crippen molar-refractivity contribution in [2.75, 3.05) is 9.80 Å². The Morgan fingerprint density at radius 2 is 0.774 bits per heavy atom. The van der Waals surface area contributed by atoms with Crippen LogP contribution in [0.25, 0.3) is 11.1 Å². The number of fused-ring (bicyclic) bond motifs is 3. The molecule has 0 spiro atoms. The topological polar surface area (TPSA) is 6.48 Å². The van der Waals surface area contributed by atoms with E-state index in [1.165, 1.54) is 33.6 Å². The van der Waals surface area contributed by atoms with Crippen LogP contribution in [0.4, 0.5) is 11.4 Å². The van der Waals surface area contributed by atoms with Gasteiger partial charge in [-0.15, -0.1) is 0 Å². The van der Waals surface area contributed by atoms with Crippen molar-refractivity contribution in [2.24, 2.45) is 0 Å². The van der Waals surface area contributed by atoms with Gasteiger partial charge in [-0.1, -0.05) is 12.1 Å². The molecule has 0 fully saturated rings. The van der Waals surface area contributed by atoms with Crippen LogP contribution in [-0.2, 0) is 6.42 Å². The Kier molecular flexibility index (Phi) is 5.57. The fourth-order valence-electron chi connectivity index (χ4n) is 6.02. The summed E-state index contributed by atoms with van der Waals surface area (Å²) in [4.78, 5) is 5.10. The van der Waals surface area contributed by atoms with Crippen molar-refractivity contribution < 1.29 is 0 Å². The van der Waals surface area contributed by atoms with Crippen molar-refractivity contribution in [3.8, 4) is 11.1 Å². The number of hydrogen-bond donors (Lipinski definition) is 0. The molecule has 0 radical (unpaired) electrons. The molecule has 0 amide bonds. The maximum Gasteiger partial charge on any atom is 0.0378 e. The van der Waals surface area contributed by atoms with E-state index in [0.717, 1.165) is 6.42 Å². The zero-order chi connectivity index (χ0) is 23.6. The lowest BCUT2D eigenvalue weighted by Gasteiger charge is -2.47. The lowest BCUT2D eigenvalue weighted by Crippen LogP contribution is -2.53. The van der Waals surface area contributed by atoms with Gasteiger partial charge in [-0.3, -0.25) is 0 Å². The zero-order valence-corrected chi connectivity index (χ0v) is 22.1. The number of rotatable bonds is 2. The molecule has 1 aliphatic rings. The Balaban J connectivity index is 2.03. The number of nitrogens with zero attached hydrogens (tertiary/aromatic N) is 2. The standard InChI is InChI=1S/C29H44N2/c1-26(2,3)30(27(4,5)6)22-13-15-24-20(18-22)17-21-19-23(14-16-25(21)24)31(28(7,8)9)29(10,11)12/h13-16,18-19H,17H2,1-12H3. The van der Waals surface area contributed by atoms with Gasteiger partial charge < -0.3 is 9.80 Å². The Morgan fingerprint density at radius 1 is 0.484 bits per heavy atom. The smallest absolute Gasteiger partial charge is 0.0378 e. The molecule has 0 aromatic heterocycles. The van der Waals surface area contributed by atoms with Crippen LogP contribution in [0.1, 0.15) is 94.2 Å². The van der Waals surface area contributed by atoms with Gasteiger partial charge in [0.2, 0.25) is 0 Å². The molecule has 2 aromatic rings. The fraction of sp³-hybridized carbons (Fsp3) is 0.586. The molecule has 31 heavy (non-hydrogen) atoms. The minimum Gasteiger partial charge on any atom is -0.362 e. The molecule has 0 aliphatic heterocycles. The predicted octanol–water partition coefficient (Wildman–Crippen LogP) is 8.06. The average Bonchev–Trinajstić information content (AvgIpc) is 2.85. The molecule has 0 unspecified atom stereocenters. The summed E-state index contributed by atoms with van der Waals surface area (Å²) in [5, 5.41) is 0. The Bertz CT molecular complexity index is 849. The number of hydrogen-bond acceptors (Lipinski definition) is 2. The first-order chi connectivity index (χ1) is 13.9. The monoisotopic (exact) mass is 420 g/mol. The lowest BCUT2D eigenvalue weighted by atomic mass is 9.93. The highest BCUT2D eigenvalue weighted by Gasteiger charge is 2.34. The van der Waals surface area contributed by atoms with E-state index in [9.17, 15) is 0 Å². The van der Waals surface area contributed by atoms with Crippen LogP contribution >= 0.6 is 0 Å². The average molecular weight is 421 g/mol. The van der Waals surface area contributed by atoms with Crippen LogP contribution in [0.2, 0.25) is 0 Å². The number of benzene rings is 2. The third-order valence-electron chi connectivity index (χ3n) is 6.05. The van der Waals surface area contributed by atoms with Gasteiger partial charge in [0.1, 0.15) is 0 Å². The van der Waals surface area contributed by atoms with E-state index in [4.69, 9.17) is 0 Å². The Hall–Kier alpha value is -1.96. The predicted molar refractivity (Wildman–Crippen MR) is 139 cm³/mol. The van der Waals surface area contributed by atoms with E-state index >= 15 is 0 Å². The molecule has 1 aliphatic carbocycles. The normalized spacial score (nSPS) is 14.3. The van der Waals surface area contributed by atoms with Crippen LogP contribution in [0.3, 0.4) is 0 Å². The maximum atomic E-state index is 2.55. The Labute approximate surface area is 191 Å². The summed E-state index contributed by atoms with van der Waals surface area (Å²) in [5.74, 6) is 0. The summed E-state index contributed by atoms with van der Waals surface area (Å²) in [6, 6.07) is 14.2. The quantitative estimate of drug-likeness (QED) is 0.413. The molecule has 0 bridgehead atoms.